The van der Waals surface area contributed by atoms with Crippen LogP contribution < -0.4 is 10.6 Å². The fraction of sp³-hybridized carbons (Fsp3) is 0.207. The van der Waals surface area contributed by atoms with Gasteiger partial charge in [0.25, 0.3) is 5.91 Å². The van der Waals surface area contributed by atoms with Crippen LogP contribution in [0.1, 0.15) is 69.3 Å². The Kier molecular flexibility index (Phi) is 7.29. The predicted octanol–water partition coefficient (Wildman–Crippen LogP) is 3.91. The maximum absolute atomic E-state index is 13.1. The van der Waals surface area contributed by atoms with E-state index in [9.17, 15) is 24.0 Å². The summed E-state index contributed by atoms with van der Waals surface area (Å²) in [5.41, 5.74) is 2.80. The van der Waals surface area contributed by atoms with Gasteiger partial charge in [-0.25, -0.2) is 0 Å². The van der Waals surface area contributed by atoms with E-state index in [0.29, 0.717) is 5.56 Å². The molecule has 0 saturated heterocycles. The van der Waals surface area contributed by atoms with Gasteiger partial charge in [0.05, 0.1) is 23.7 Å². The van der Waals surface area contributed by atoms with E-state index in [1.807, 2.05) is 31.2 Å². The quantitative estimate of drug-likeness (QED) is 0.373. The van der Waals surface area contributed by atoms with Crippen LogP contribution in [0.15, 0.2) is 66.7 Å². The third kappa shape index (κ3) is 5.48. The molecule has 0 aromatic heterocycles. The maximum atomic E-state index is 13.1. The highest BCUT2D eigenvalue weighted by Gasteiger charge is 2.32. The zero-order valence-electron chi connectivity index (χ0n) is 20.7. The summed E-state index contributed by atoms with van der Waals surface area (Å²) in [7, 11) is 0. The van der Waals surface area contributed by atoms with Gasteiger partial charge in [-0.3, -0.25) is 24.0 Å². The van der Waals surface area contributed by atoms with Crippen LogP contribution in [-0.4, -0.2) is 35.5 Å². The Hall–Kier alpha value is -4.59. The number of hydrogen-bond donors (Lipinski definition) is 2. The number of rotatable bonds is 7. The Morgan fingerprint density at radius 3 is 2.11 bits per heavy atom. The Morgan fingerprint density at radius 1 is 0.838 bits per heavy atom. The second-order valence-electron chi connectivity index (χ2n) is 8.92. The highest BCUT2D eigenvalue weighted by atomic mass is 16.5. The second-order valence-corrected chi connectivity index (χ2v) is 8.92. The van der Waals surface area contributed by atoms with Gasteiger partial charge < -0.3 is 15.4 Å². The Bertz CT molecular complexity index is 1410. The number of ketones is 2. The minimum atomic E-state index is -1.19. The van der Waals surface area contributed by atoms with Crippen molar-refractivity contribution < 1.29 is 28.7 Å². The molecule has 8 nitrogen and oxygen atoms in total. The SMILES string of the molecule is CC(=O)NC(CC(=O)OC(C)C(=O)Nc1cccc2c1C(=O)c1ccccc1C2=O)c1ccc(C)cc1. The number of aryl methyl sites for hydroxylation is 1. The number of benzene rings is 3. The number of carbonyl (C=O) groups is 5. The minimum Gasteiger partial charge on any atom is -0.452 e. The van der Waals surface area contributed by atoms with Gasteiger partial charge >= 0.3 is 5.97 Å². The normalized spacial score (nSPS) is 13.6. The molecule has 2 atom stereocenters. The van der Waals surface area contributed by atoms with Gasteiger partial charge in [0.1, 0.15) is 0 Å². The average molecular weight is 499 g/mol. The van der Waals surface area contributed by atoms with Crippen LogP contribution in [0.25, 0.3) is 0 Å². The molecule has 0 bridgehead atoms. The van der Waals surface area contributed by atoms with Gasteiger partial charge in [0, 0.05) is 23.6 Å². The van der Waals surface area contributed by atoms with Gasteiger partial charge in [-0.1, -0.05) is 66.2 Å². The molecule has 37 heavy (non-hydrogen) atoms. The smallest absolute Gasteiger partial charge is 0.309 e. The van der Waals surface area contributed by atoms with Crippen molar-refractivity contribution in [1.82, 2.24) is 5.32 Å². The molecule has 1 aliphatic rings. The predicted molar refractivity (Wildman–Crippen MR) is 136 cm³/mol. The van der Waals surface area contributed by atoms with Crippen molar-refractivity contribution in [3.05, 3.63) is 100 Å². The van der Waals surface area contributed by atoms with Crippen molar-refractivity contribution in [2.24, 2.45) is 0 Å². The van der Waals surface area contributed by atoms with Crippen LogP contribution in [0.3, 0.4) is 0 Å². The lowest BCUT2D eigenvalue weighted by Gasteiger charge is -2.22. The molecule has 0 spiro atoms. The molecule has 188 valence electrons. The summed E-state index contributed by atoms with van der Waals surface area (Å²) in [6.45, 7) is 4.69. The summed E-state index contributed by atoms with van der Waals surface area (Å²) in [6.07, 6.45) is -1.37. The fourth-order valence-corrected chi connectivity index (χ4v) is 4.25. The average Bonchev–Trinajstić information content (AvgIpc) is 2.87. The topological polar surface area (TPSA) is 119 Å². The largest absolute Gasteiger partial charge is 0.452 e. The molecule has 8 heteroatoms. The molecule has 0 aliphatic heterocycles. The van der Waals surface area contributed by atoms with E-state index in [-0.39, 0.29) is 46.3 Å². The molecule has 2 amide bonds. The van der Waals surface area contributed by atoms with Crippen LogP contribution in [0.2, 0.25) is 0 Å². The van der Waals surface area contributed by atoms with Crippen LogP contribution >= 0.6 is 0 Å². The van der Waals surface area contributed by atoms with Crippen LogP contribution in [-0.2, 0) is 19.1 Å². The van der Waals surface area contributed by atoms with Crippen molar-refractivity contribution in [2.45, 2.75) is 39.3 Å². The lowest BCUT2D eigenvalue weighted by Crippen LogP contribution is -2.33. The first-order chi connectivity index (χ1) is 17.7. The lowest BCUT2D eigenvalue weighted by atomic mass is 9.83. The van der Waals surface area contributed by atoms with Gasteiger partial charge in [-0.2, -0.15) is 0 Å². The highest BCUT2D eigenvalue weighted by molar-refractivity contribution is 6.30. The summed E-state index contributed by atoms with van der Waals surface area (Å²) in [5, 5.41) is 5.35. The standard InChI is InChI=1S/C29H26N2O6/c1-16-11-13-19(14-12-16)24(30-18(3)32)15-25(33)37-17(2)29(36)31-23-10-6-9-22-26(23)28(35)21-8-5-4-7-20(21)27(22)34/h4-14,17,24H,15H2,1-3H3,(H,30,32)(H,31,36). The van der Waals surface area contributed by atoms with E-state index < -0.39 is 24.0 Å². The lowest BCUT2D eigenvalue weighted by molar-refractivity contribution is -0.153. The number of hydrogen-bond acceptors (Lipinski definition) is 6. The number of nitrogens with one attached hydrogen (secondary N) is 2. The number of anilines is 1. The monoisotopic (exact) mass is 498 g/mol. The van der Waals surface area contributed by atoms with E-state index in [1.54, 1.807) is 30.3 Å². The molecule has 2 N–H and O–H groups in total. The first kappa shape index (κ1) is 25.5. The van der Waals surface area contributed by atoms with E-state index in [2.05, 4.69) is 10.6 Å². The summed E-state index contributed by atoms with van der Waals surface area (Å²) in [6, 6.07) is 17.9. The molecule has 2 unspecified atom stereocenters. The van der Waals surface area contributed by atoms with Crippen LogP contribution in [0.5, 0.6) is 0 Å². The third-order valence-electron chi connectivity index (χ3n) is 6.12. The van der Waals surface area contributed by atoms with Gasteiger partial charge in [0.2, 0.25) is 5.91 Å². The number of carbonyl (C=O) groups excluding carboxylic acids is 5. The first-order valence-electron chi connectivity index (χ1n) is 11.8. The van der Waals surface area contributed by atoms with E-state index in [0.717, 1.165) is 11.1 Å². The molecule has 0 radical (unpaired) electrons. The summed E-state index contributed by atoms with van der Waals surface area (Å²) in [5.74, 6) is -2.33. The zero-order chi connectivity index (χ0) is 26.7. The molecule has 0 saturated carbocycles. The molecular weight excluding hydrogens is 472 g/mol. The molecule has 3 aromatic carbocycles. The Labute approximate surface area is 214 Å². The molecule has 3 aromatic rings. The highest BCUT2D eigenvalue weighted by Crippen LogP contribution is 2.32. The number of amides is 2. The maximum Gasteiger partial charge on any atom is 0.309 e. The summed E-state index contributed by atoms with van der Waals surface area (Å²) >= 11 is 0. The van der Waals surface area contributed by atoms with E-state index in [1.165, 1.54) is 26.0 Å². The van der Waals surface area contributed by atoms with E-state index in [4.69, 9.17) is 4.74 Å². The van der Waals surface area contributed by atoms with Crippen molar-refractivity contribution in [3.8, 4) is 0 Å². The molecule has 0 heterocycles. The van der Waals surface area contributed by atoms with Gasteiger partial charge in [-0.15, -0.1) is 0 Å². The van der Waals surface area contributed by atoms with Gasteiger partial charge in [-0.05, 0) is 25.5 Å². The molecular formula is C29H26N2O6. The number of ether oxygens (including phenoxy) is 1. The van der Waals surface area contributed by atoms with Crippen molar-refractivity contribution in [1.29, 1.82) is 0 Å². The van der Waals surface area contributed by atoms with Crippen molar-refractivity contribution in [2.75, 3.05) is 5.32 Å². The Balaban J connectivity index is 1.47. The molecule has 1 aliphatic carbocycles. The summed E-state index contributed by atoms with van der Waals surface area (Å²) in [4.78, 5) is 63.3. The van der Waals surface area contributed by atoms with Crippen molar-refractivity contribution >= 4 is 35.0 Å². The van der Waals surface area contributed by atoms with Crippen LogP contribution in [0, 0.1) is 6.92 Å². The first-order valence-corrected chi connectivity index (χ1v) is 11.8. The molecule has 0 fully saturated rings. The van der Waals surface area contributed by atoms with Crippen molar-refractivity contribution in [3.63, 3.8) is 0 Å². The second kappa shape index (κ2) is 10.6. The zero-order valence-corrected chi connectivity index (χ0v) is 20.7. The van der Waals surface area contributed by atoms with Gasteiger partial charge in [0.15, 0.2) is 17.7 Å². The number of fused-ring (bicyclic) bond motifs is 2. The fourth-order valence-electron chi connectivity index (χ4n) is 4.25. The minimum absolute atomic E-state index is 0.100. The van der Waals surface area contributed by atoms with Crippen LogP contribution in [0.4, 0.5) is 5.69 Å². The third-order valence-corrected chi connectivity index (χ3v) is 6.12. The summed E-state index contributed by atoms with van der Waals surface area (Å²) < 4.78 is 5.34. The van der Waals surface area contributed by atoms with E-state index >= 15 is 0 Å². The molecule has 4 rings (SSSR count). The Morgan fingerprint density at radius 2 is 1.46 bits per heavy atom. The number of esters is 1.